The van der Waals surface area contributed by atoms with Gasteiger partial charge in [-0.05, 0) is 25.3 Å². The van der Waals surface area contributed by atoms with Gasteiger partial charge in [0.05, 0.1) is 19.6 Å². The number of fused-ring (bicyclic) bond motifs is 1. The van der Waals surface area contributed by atoms with Crippen LogP contribution in [0.3, 0.4) is 0 Å². The van der Waals surface area contributed by atoms with Gasteiger partial charge in [-0.25, -0.2) is 18.3 Å². The molecule has 0 N–H and O–H groups in total. The van der Waals surface area contributed by atoms with Crippen molar-refractivity contribution >= 4 is 5.91 Å². The number of rotatable bonds is 3. The lowest BCUT2D eigenvalue weighted by molar-refractivity contribution is -0.134. The van der Waals surface area contributed by atoms with Gasteiger partial charge in [-0.3, -0.25) is 9.36 Å². The Bertz CT molecular complexity index is 895. The van der Waals surface area contributed by atoms with Gasteiger partial charge in [-0.15, -0.1) is 0 Å². The van der Waals surface area contributed by atoms with Crippen molar-refractivity contribution in [3.8, 4) is 0 Å². The third-order valence-corrected chi connectivity index (χ3v) is 5.36. The summed E-state index contributed by atoms with van der Waals surface area (Å²) in [5, 5.41) is 4.41. The summed E-state index contributed by atoms with van der Waals surface area (Å²) >= 11 is 0. The number of alkyl halides is 2. The third kappa shape index (κ3) is 3.28. The zero-order chi connectivity index (χ0) is 19.1. The number of aryl methyl sites for hydroxylation is 2. The average Bonchev–Trinajstić information content (AvgIpc) is 3.16. The van der Waals surface area contributed by atoms with Gasteiger partial charge in [0.15, 0.2) is 12.3 Å². The molecule has 4 rings (SSSR count). The predicted octanol–water partition coefficient (Wildman–Crippen LogP) is 1.80. The Morgan fingerprint density at radius 3 is 2.52 bits per heavy atom. The number of amides is 1. The number of benzene rings is 1. The van der Waals surface area contributed by atoms with Crippen molar-refractivity contribution in [3.63, 3.8) is 0 Å². The SMILES string of the molecule is Cc1ccc(Cn2nc3n(c2=O)[C@@H](C(=O)N2C[C@H](F)[C@@H](F)C2)CCC3)cc1. The Hall–Kier alpha value is -2.51. The van der Waals surface area contributed by atoms with Crippen LogP contribution in [-0.4, -0.2) is 50.6 Å². The van der Waals surface area contributed by atoms with Crippen molar-refractivity contribution in [2.45, 2.75) is 51.1 Å². The van der Waals surface area contributed by atoms with Gasteiger partial charge < -0.3 is 4.90 Å². The quantitative estimate of drug-likeness (QED) is 0.821. The smallest absolute Gasteiger partial charge is 0.335 e. The molecule has 1 saturated heterocycles. The van der Waals surface area contributed by atoms with Crippen molar-refractivity contribution in [2.24, 2.45) is 0 Å². The maximum atomic E-state index is 13.5. The predicted molar refractivity (Wildman–Crippen MR) is 95.1 cm³/mol. The molecule has 2 aromatic rings. The maximum absolute atomic E-state index is 13.5. The summed E-state index contributed by atoms with van der Waals surface area (Å²) in [6, 6.07) is 7.09. The molecule has 0 bridgehead atoms. The van der Waals surface area contributed by atoms with Crippen molar-refractivity contribution in [1.29, 1.82) is 0 Å². The zero-order valence-corrected chi connectivity index (χ0v) is 15.1. The van der Waals surface area contributed by atoms with E-state index in [0.717, 1.165) is 11.1 Å². The first-order valence-corrected chi connectivity index (χ1v) is 9.24. The number of carbonyl (C=O) groups excluding carboxylic acids is 1. The minimum absolute atomic E-state index is 0.252. The molecule has 6 nitrogen and oxygen atoms in total. The summed E-state index contributed by atoms with van der Waals surface area (Å²) in [6.45, 7) is 1.81. The fourth-order valence-corrected chi connectivity index (χ4v) is 3.85. The van der Waals surface area contributed by atoms with Crippen LogP contribution in [0.4, 0.5) is 8.78 Å². The molecule has 1 fully saturated rings. The van der Waals surface area contributed by atoms with Crippen LogP contribution < -0.4 is 5.69 Å². The minimum atomic E-state index is -1.65. The highest BCUT2D eigenvalue weighted by Gasteiger charge is 2.40. The molecule has 1 aromatic heterocycles. The fourth-order valence-electron chi connectivity index (χ4n) is 3.85. The van der Waals surface area contributed by atoms with Crippen LogP contribution in [0, 0.1) is 6.92 Å². The first-order chi connectivity index (χ1) is 12.9. The maximum Gasteiger partial charge on any atom is 0.346 e. The molecule has 3 atom stereocenters. The van der Waals surface area contributed by atoms with Gasteiger partial charge in [-0.1, -0.05) is 29.8 Å². The second kappa shape index (κ2) is 6.90. The topological polar surface area (TPSA) is 60.1 Å². The Morgan fingerprint density at radius 1 is 1.19 bits per heavy atom. The van der Waals surface area contributed by atoms with E-state index in [1.54, 1.807) is 0 Å². The van der Waals surface area contributed by atoms with E-state index < -0.39 is 24.3 Å². The van der Waals surface area contributed by atoms with E-state index in [-0.39, 0.29) is 18.8 Å². The number of hydrogen-bond acceptors (Lipinski definition) is 3. The number of hydrogen-bond donors (Lipinski definition) is 0. The molecule has 0 aliphatic carbocycles. The van der Waals surface area contributed by atoms with E-state index >= 15 is 0 Å². The summed E-state index contributed by atoms with van der Waals surface area (Å²) < 4.78 is 29.8. The van der Waals surface area contributed by atoms with Crippen LogP contribution in [0.15, 0.2) is 29.1 Å². The normalized spacial score (nSPS) is 24.9. The fraction of sp³-hybridized carbons (Fsp3) is 0.526. The highest BCUT2D eigenvalue weighted by Crippen LogP contribution is 2.27. The second-order valence-corrected chi connectivity index (χ2v) is 7.40. The van der Waals surface area contributed by atoms with E-state index in [9.17, 15) is 18.4 Å². The molecular formula is C19H22F2N4O2. The molecule has 2 aliphatic heterocycles. The van der Waals surface area contributed by atoms with Crippen molar-refractivity contribution in [1.82, 2.24) is 19.2 Å². The standard InChI is InChI=1S/C19H22F2N4O2/c1-12-5-7-13(8-6-12)9-24-19(27)25-16(3-2-4-17(25)22-24)18(26)23-10-14(20)15(21)11-23/h5-8,14-16H,2-4,9-11H2,1H3/t14-,15-,16+/m0/s1. The molecule has 0 spiro atoms. The first kappa shape index (κ1) is 17.9. The largest absolute Gasteiger partial charge is 0.346 e. The molecular weight excluding hydrogens is 354 g/mol. The molecule has 2 aliphatic rings. The number of nitrogens with zero attached hydrogens (tertiary/aromatic N) is 4. The minimum Gasteiger partial charge on any atom is -0.335 e. The Labute approximate surface area is 155 Å². The van der Waals surface area contributed by atoms with E-state index in [0.29, 0.717) is 31.6 Å². The summed E-state index contributed by atoms with van der Waals surface area (Å²) in [7, 11) is 0. The van der Waals surface area contributed by atoms with Gasteiger partial charge in [0, 0.05) is 6.42 Å². The van der Waals surface area contributed by atoms with Gasteiger partial charge in [0.25, 0.3) is 0 Å². The molecule has 1 aromatic carbocycles. The molecule has 144 valence electrons. The zero-order valence-electron chi connectivity index (χ0n) is 15.1. The van der Waals surface area contributed by atoms with Gasteiger partial charge in [0.1, 0.15) is 11.9 Å². The van der Waals surface area contributed by atoms with Crippen molar-refractivity contribution in [3.05, 3.63) is 51.7 Å². The van der Waals surface area contributed by atoms with Crippen LogP contribution in [0.1, 0.15) is 35.8 Å². The molecule has 1 amide bonds. The summed E-state index contributed by atoms with van der Waals surface area (Å²) in [5.41, 5.74) is 1.72. The van der Waals surface area contributed by atoms with E-state index in [4.69, 9.17) is 0 Å². The summed E-state index contributed by atoms with van der Waals surface area (Å²) in [6.07, 6.45) is -1.51. The number of aromatic nitrogens is 3. The van der Waals surface area contributed by atoms with E-state index in [2.05, 4.69) is 5.10 Å². The summed E-state index contributed by atoms with van der Waals surface area (Å²) in [4.78, 5) is 26.9. The number of halogens is 2. The number of likely N-dealkylation sites (tertiary alicyclic amines) is 1. The van der Waals surface area contributed by atoms with Crippen LogP contribution in [-0.2, 0) is 17.8 Å². The van der Waals surface area contributed by atoms with Crippen LogP contribution in [0.2, 0.25) is 0 Å². The van der Waals surface area contributed by atoms with E-state index in [1.165, 1.54) is 14.1 Å². The average molecular weight is 376 g/mol. The van der Waals surface area contributed by atoms with Gasteiger partial charge in [0.2, 0.25) is 5.91 Å². The Balaban J connectivity index is 1.61. The monoisotopic (exact) mass is 376 g/mol. The van der Waals surface area contributed by atoms with Gasteiger partial charge in [-0.2, -0.15) is 5.10 Å². The Kier molecular flexibility index (Phi) is 4.57. The van der Waals surface area contributed by atoms with Crippen LogP contribution in [0.5, 0.6) is 0 Å². The highest BCUT2D eigenvalue weighted by molar-refractivity contribution is 5.81. The Morgan fingerprint density at radius 2 is 1.85 bits per heavy atom. The van der Waals surface area contributed by atoms with Gasteiger partial charge >= 0.3 is 5.69 Å². The molecule has 0 saturated carbocycles. The first-order valence-electron chi connectivity index (χ1n) is 9.24. The lowest BCUT2D eigenvalue weighted by Gasteiger charge is -2.26. The van der Waals surface area contributed by atoms with Crippen molar-refractivity contribution in [2.75, 3.05) is 13.1 Å². The molecule has 27 heavy (non-hydrogen) atoms. The number of carbonyl (C=O) groups is 1. The second-order valence-electron chi connectivity index (χ2n) is 7.40. The molecule has 0 radical (unpaired) electrons. The highest BCUT2D eigenvalue weighted by atomic mass is 19.2. The molecule has 3 heterocycles. The lowest BCUT2D eigenvalue weighted by Crippen LogP contribution is -2.42. The molecule has 0 unspecified atom stereocenters. The van der Waals surface area contributed by atoms with Crippen molar-refractivity contribution < 1.29 is 13.6 Å². The lowest BCUT2D eigenvalue weighted by atomic mass is 10.0. The van der Waals surface area contributed by atoms with E-state index in [1.807, 2.05) is 31.2 Å². The van der Waals surface area contributed by atoms with Crippen LogP contribution in [0.25, 0.3) is 0 Å². The van der Waals surface area contributed by atoms with Crippen LogP contribution >= 0.6 is 0 Å². The molecule has 8 heteroatoms. The third-order valence-electron chi connectivity index (χ3n) is 5.36. The summed E-state index contributed by atoms with van der Waals surface area (Å²) in [5.74, 6) is 0.167.